The number of rotatable bonds is 5. The smallest absolute Gasteiger partial charge is 0.281 e. The van der Waals surface area contributed by atoms with Gasteiger partial charge in [-0.25, -0.2) is 5.01 Å². The van der Waals surface area contributed by atoms with E-state index in [-0.39, 0.29) is 24.5 Å². The van der Waals surface area contributed by atoms with Crippen LogP contribution in [0.1, 0.15) is 44.4 Å². The van der Waals surface area contributed by atoms with Crippen LogP contribution in [0.3, 0.4) is 0 Å². The van der Waals surface area contributed by atoms with Crippen molar-refractivity contribution in [2.75, 3.05) is 13.2 Å². The Balaban J connectivity index is 1.38. The number of thiophene rings is 1. The highest BCUT2D eigenvalue weighted by Gasteiger charge is 2.33. The SMILES string of the molecule is Cc1ccc([C@H]2CC(c3cccs3)=NN2C(=O)COc2cccc3c2CCNC3=O)cc1. The number of nitrogens with zero attached hydrogens (tertiary/aromatic N) is 2. The third-order valence-electron chi connectivity index (χ3n) is 5.82. The van der Waals surface area contributed by atoms with E-state index in [0.717, 1.165) is 21.7 Å². The van der Waals surface area contributed by atoms with Crippen LogP contribution in [0.2, 0.25) is 0 Å². The number of nitrogens with one attached hydrogen (secondary N) is 1. The summed E-state index contributed by atoms with van der Waals surface area (Å²) < 4.78 is 5.92. The van der Waals surface area contributed by atoms with Crippen LogP contribution in [-0.4, -0.2) is 35.7 Å². The van der Waals surface area contributed by atoms with Gasteiger partial charge < -0.3 is 10.1 Å². The van der Waals surface area contributed by atoms with E-state index in [1.54, 1.807) is 28.5 Å². The molecule has 7 heteroatoms. The summed E-state index contributed by atoms with van der Waals surface area (Å²) >= 11 is 1.62. The van der Waals surface area contributed by atoms with Crippen molar-refractivity contribution in [3.63, 3.8) is 0 Å². The summed E-state index contributed by atoms with van der Waals surface area (Å²) in [6.07, 6.45) is 1.35. The van der Waals surface area contributed by atoms with Crippen LogP contribution in [0.5, 0.6) is 5.75 Å². The monoisotopic (exact) mass is 445 g/mol. The maximum Gasteiger partial charge on any atom is 0.281 e. The number of hydrogen-bond acceptors (Lipinski definition) is 5. The molecule has 162 valence electrons. The van der Waals surface area contributed by atoms with Crippen molar-refractivity contribution in [2.24, 2.45) is 5.10 Å². The number of ether oxygens (including phenoxy) is 1. The van der Waals surface area contributed by atoms with E-state index in [0.29, 0.717) is 30.7 Å². The molecular weight excluding hydrogens is 422 g/mol. The Morgan fingerprint density at radius 3 is 2.81 bits per heavy atom. The molecule has 1 atom stereocenters. The van der Waals surface area contributed by atoms with Crippen LogP contribution in [-0.2, 0) is 11.2 Å². The van der Waals surface area contributed by atoms with Gasteiger partial charge in [-0.2, -0.15) is 5.10 Å². The van der Waals surface area contributed by atoms with Gasteiger partial charge in [-0.05, 0) is 42.5 Å². The minimum absolute atomic E-state index is 0.104. The summed E-state index contributed by atoms with van der Waals surface area (Å²) in [4.78, 5) is 26.4. The molecule has 0 unspecified atom stereocenters. The van der Waals surface area contributed by atoms with Gasteiger partial charge in [0.25, 0.3) is 11.8 Å². The number of fused-ring (bicyclic) bond motifs is 1. The number of hydrogen-bond donors (Lipinski definition) is 1. The Bertz CT molecular complexity index is 1190. The second-order valence-corrected chi connectivity index (χ2v) is 8.92. The highest BCUT2D eigenvalue weighted by molar-refractivity contribution is 7.12. The van der Waals surface area contributed by atoms with Gasteiger partial charge in [0.05, 0.1) is 16.6 Å². The van der Waals surface area contributed by atoms with Gasteiger partial charge in [0, 0.05) is 24.1 Å². The zero-order valence-corrected chi connectivity index (χ0v) is 18.5. The number of amides is 2. The highest BCUT2D eigenvalue weighted by Crippen LogP contribution is 2.34. The Kier molecular flexibility index (Phi) is 5.49. The molecule has 1 aromatic heterocycles. The lowest BCUT2D eigenvalue weighted by Gasteiger charge is -2.23. The zero-order chi connectivity index (χ0) is 22.1. The molecule has 32 heavy (non-hydrogen) atoms. The molecule has 0 aliphatic carbocycles. The maximum atomic E-state index is 13.2. The maximum absolute atomic E-state index is 13.2. The van der Waals surface area contributed by atoms with Gasteiger partial charge in [-0.15, -0.1) is 11.3 Å². The first kappa shape index (κ1) is 20.5. The summed E-state index contributed by atoms with van der Waals surface area (Å²) in [7, 11) is 0. The van der Waals surface area contributed by atoms with E-state index < -0.39 is 0 Å². The molecule has 0 saturated carbocycles. The van der Waals surface area contributed by atoms with Gasteiger partial charge in [-0.3, -0.25) is 9.59 Å². The van der Waals surface area contributed by atoms with E-state index in [4.69, 9.17) is 4.74 Å². The Labute approximate surface area is 190 Å². The third-order valence-corrected chi connectivity index (χ3v) is 6.74. The second-order valence-electron chi connectivity index (χ2n) is 7.97. The number of hydrazone groups is 1. The van der Waals surface area contributed by atoms with Crippen molar-refractivity contribution >= 4 is 28.9 Å². The van der Waals surface area contributed by atoms with Crippen molar-refractivity contribution in [2.45, 2.75) is 25.8 Å². The summed E-state index contributed by atoms with van der Waals surface area (Å²) in [6.45, 7) is 2.47. The van der Waals surface area contributed by atoms with Crippen molar-refractivity contribution in [1.82, 2.24) is 10.3 Å². The molecule has 3 aromatic rings. The average molecular weight is 446 g/mol. The predicted molar refractivity (Wildman–Crippen MR) is 124 cm³/mol. The Hall–Kier alpha value is -3.45. The van der Waals surface area contributed by atoms with E-state index in [2.05, 4.69) is 34.7 Å². The lowest BCUT2D eigenvalue weighted by molar-refractivity contribution is -0.135. The molecule has 2 amide bonds. The van der Waals surface area contributed by atoms with Crippen LogP contribution in [0.15, 0.2) is 65.1 Å². The molecular formula is C25H23N3O3S. The van der Waals surface area contributed by atoms with Gasteiger partial charge in [0.1, 0.15) is 5.75 Å². The molecule has 2 aliphatic heterocycles. The zero-order valence-electron chi connectivity index (χ0n) is 17.7. The third kappa shape index (κ3) is 3.91. The lowest BCUT2D eigenvalue weighted by atomic mass is 9.99. The fourth-order valence-electron chi connectivity index (χ4n) is 4.15. The number of benzene rings is 2. The van der Waals surface area contributed by atoms with Gasteiger partial charge >= 0.3 is 0 Å². The van der Waals surface area contributed by atoms with E-state index in [9.17, 15) is 9.59 Å². The lowest BCUT2D eigenvalue weighted by Crippen LogP contribution is -2.33. The van der Waals surface area contributed by atoms with Crippen LogP contribution < -0.4 is 10.1 Å². The standard InChI is InChI=1S/C25H23N3O3S/c1-16-7-9-17(10-8-16)21-14-20(23-6-3-13-32-23)27-28(21)24(29)15-31-22-5-2-4-19-18(22)11-12-26-25(19)30/h2-10,13,21H,11-12,14-15H2,1H3,(H,26,30)/t21-/m1/s1. The van der Waals surface area contributed by atoms with E-state index in [1.807, 2.05) is 30.5 Å². The van der Waals surface area contributed by atoms with Crippen LogP contribution in [0.25, 0.3) is 0 Å². The van der Waals surface area contributed by atoms with Crippen LogP contribution in [0.4, 0.5) is 0 Å². The Morgan fingerprint density at radius 2 is 2.03 bits per heavy atom. The van der Waals surface area contributed by atoms with Crippen molar-refractivity contribution < 1.29 is 14.3 Å². The van der Waals surface area contributed by atoms with E-state index in [1.165, 1.54) is 5.56 Å². The summed E-state index contributed by atoms with van der Waals surface area (Å²) in [6, 6.07) is 17.4. The second kappa shape index (κ2) is 8.59. The largest absolute Gasteiger partial charge is 0.483 e. The molecule has 2 aromatic carbocycles. The van der Waals surface area contributed by atoms with Gasteiger partial charge in [-0.1, -0.05) is 42.0 Å². The molecule has 1 N–H and O–H groups in total. The molecule has 3 heterocycles. The average Bonchev–Trinajstić information content (AvgIpc) is 3.49. The summed E-state index contributed by atoms with van der Waals surface area (Å²) in [5, 5.41) is 11.1. The molecule has 0 saturated heterocycles. The Morgan fingerprint density at radius 1 is 1.19 bits per heavy atom. The number of carbonyl (C=O) groups excluding carboxylic acids is 2. The first-order valence-corrected chi connectivity index (χ1v) is 11.5. The molecule has 0 spiro atoms. The topological polar surface area (TPSA) is 71.0 Å². The van der Waals surface area contributed by atoms with Gasteiger partial charge in [0.2, 0.25) is 0 Å². The molecule has 2 aliphatic rings. The van der Waals surface area contributed by atoms with Gasteiger partial charge in [0.15, 0.2) is 6.61 Å². The molecule has 0 fully saturated rings. The summed E-state index contributed by atoms with van der Waals surface area (Å²) in [5.41, 5.74) is 4.59. The van der Waals surface area contributed by atoms with Crippen molar-refractivity contribution in [3.8, 4) is 5.75 Å². The first-order chi connectivity index (χ1) is 15.6. The molecule has 5 rings (SSSR count). The minimum Gasteiger partial charge on any atom is -0.483 e. The molecule has 0 bridgehead atoms. The molecule has 6 nitrogen and oxygen atoms in total. The fraction of sp³-hybridized carbons (Fsp3) is 0.240. The normalized spacial score (nSPS) is 17.5. The number of aryl methyl sites for hydroxylation is 1. The molecule has 0 radical (unpaired) electrons. The van der Waals surface area contributed by atoms with E-state index >= 15 is 0 Å². The van der Waals surface area contributed by atoms with Crippen LogP contribution in [0, 0.1) is 6.92 Å². The number of carbonyl (C=O) groups is 2. The minimum atomic E-state index is -0.208. The summed E-state index contributed by atoms with van der Waals surface area (Å²) in [5.74, 6) is 0.270. The van der Waals surface area contributed by atoms with Crippen LogP contribution >= 0.6 is 11.3 Å². The first-order valence-electron chi connectivity index (χ1n) is 10.6. The predicted octanol–water partition coefficient (Wildman–Crippen LogP) is 4.10. The fourth-order valence-corrected chi connectivity index (χ4v) is 4.87. The van der Waals surface area contributed by atoms with Crippen molar-refractivity contribution in [1.29, 1.82) is 0 Å². The quantitative estimate of drug-likeness (QED) is 0.643. The van der Waals surface area contributed by atoms with Crippen molar-refractivity contribution in [3.05, 3.63) is 87.1 Å². The highest BCUT2D eigenvalue weighted by atomic mass is 32.1.